The summed E-state index contributed by atoms with van der Waals surface area (Å²) in [6.45, 7) is 5.97. The molecule has 2 rings (SSSR count). The van der Waals surface area contributed by atoms with Crippen LogP contribution < -0.4 is 5.32 Å². The summed E-state index contributed by atoms with van der Waals surface area (Å²) in [5.41, 5.74) is 1.09. The largest absolute Gasteiger partial charge is 0.310 e. The Bertz CT molecular complexity index is 331. The molecular formula is C12H20ClN3. The number of nitrogens with zero attached hydrogens (tertiary/aromatic N) is 2. The fraction of sp³-hybridized carbons (Fsp3) is 0.750. The van der Waals surface area contributed by atoms with Gasteiger partial charge in [-0.05, 0) is 38.7 Å². The minimum Gasteiger partial charge on any atom is -0.310 e. The van der Waals surface area contributed by atoms with Gasteiger partial charge in [-0.3, -0.25) is 4.68 Å². The molecule has 1 unspecified atom stereocenters. The van der Waals surface area contributed by atoms with Crippen LogP contribution in [0.4, 0.5) is 0 Å². The van der Waals surface area contributed by atoms with Crippen molar-refractivity contribution in [1.29, 1.82) is 0 Å². The number of hydrogen-bond donors (Lipinski definition) is 1. The van der Waals surface area contributed by atoms with Crippen LogP contribution >= 0.6 is 11.6 Å². The molecule has 0 bridgehead atoms. The van der Waals surface area contributed by atoms with Crippen molar-refractivity contribution in [2.45, 2.75) is 44.7 Å². The highest BCUT2D eigenvalue weighted by molar-refractivity contribution is 6.21. The zero-order valence-corrected chi connectivity index (χ0v) is 10.7. The van der Waals surface area contributed by atoms with Gasteiger partial charge in [0.1, 0.15) is 0 Å². The van der Waals surface area contributed by atoms with Gasteiger partial charge in [-0.15, -0.1) is 11.6 Å². The van der Waals surface area contributed by atoms with Crippen LogP contribution in [-0.4, -0.2) is 21.7 Å². The van der Waals surface area contributed by atoms with Gasteiger partial charge in [-0.25, -0.2) is 0 Å². The lowest BCUT2D eigenvalue weighted by Crippen LogP contribution is -2.24. The third kappa shape index (κ3) is 3.22. The molecule has 3 nitrogen and oxygen atoms in total. The topological polar surface area (TPSA) is 29.9 Å². The maximum absolute atomic E-state index is 6.21. The van der Waals surface area contributed by atoms with Gasteiger partial charge in [0.2, 0.25) is 0 Å². The Morgan fingerprint density at radius 2 is 2.31 bits per heavy atom. The summed E-state index contributed by atoms with van der Waals surface area (Å²) >= 11 is 6.21. The van der Waals surface area contributed by atoms with Crippen molar-refractivity contribution in [1.82, 2.24) is 15.1 Å². The van der Waals surface area contributed by atoms with Crippen molar-refractivity contribution in [3.8, 4) is 0 Å². The first kappa shape index (κ1) is 11.9. The number of aromatic nitrogens is 2. The molecule has 1 aliphatic rings. The van der Waals surface area contributed by atoms with Crippen LogP contribution in [0.5, 0.6) is 0 Å². The molecule has 0 amide bonds. The molecular weight excluding hydrogens is 222 g/mol. The number of alkyl halides is 1. The summed E-state index contributed by atoms with van der Waals surface area (Å²) in [4.78, 5) is 0. The van der Waals surface area contributed by atoms with Gasteiger partial charge in [0.25, 0.3) is 0 Å². The standard InChI is InChI=1S/C12H20ClN3/c1-9(2)16-6-5-11(15-16)7-14-8-12(13)10-3-4-10/h5-6,9-10,12,14H,3-4,7-8H2,1-2H3. The molecule has 1 fully saturated rings. The van der Waals surface area contributed by atoms with Crippen LogP contribution in [0.3, 0.4) is 0 Å². The molecule has 0 aliphatic heterocycles. The van der Waals surface area contributed by atoms with E-state index in [1.54, 1.807) is 0 Å². The van der Waals surface area contributed by atoms with Crippen LogP contribution in [-0.2, 0) is 6.54 Å². The Balaban J connectivity index is 1.71. The Morgan fingerprint density at radius 3 is 2.88 bits per heavy atom. The second-order valence-corrected chi connectivity index (χ2v) is 5.43. The van der Waals surface area contributed by atoms with E-state index in [4.69, 9.17) is 11.6 Å². The molecule has 1 aliphatic carbocycles. The zero-order chi connectivity index (χ0) is 11.5. The number of hydrogen-bond acceptors (Lipinski definition) is 2. The molecule has 4 heteroatoms. The highest BCUT2D eigenvalue weighted by Crippen LogP contribution is 2.35. The summed E-state index contributed by atoms with van der Waals surface area (Å²) in [6, 6.07) is 2.49. The Morgan fingerprint density at radius 1 is 1.56 bits per heavy atom. The highest BCUT2D eigenvalue weighted by atomic mass is 35.5. The van der Waals surface area contributed by atoms with E-state index in [1.807, 2.05) is 10.9 Å². The van der Waals surface area contributed by atoms with Crippen molar-refractivity contribution in [2.75, 3.05) is 6.54 Å². The second kappa shape index (κ2) is 5.19. The van der Waals surface area contributed by atoms with E-state index in [1.165, 1.54) is 12.8 Å². The number of nitrogens with one attached hydrogen (secondary N) is 1. The lowest BCUT2D eigenvalue weighted by Gasteiger charge is -2.08. The van der Waals surface area contributed by atoms with Crippen LogP contribution in [0.1, 0.15) is 38.4 Å². The van der Waals surface area contributed by atoms with E-state index in [2.05, 4.69) is 30.3 Å². The predicted octanol–water partition coefficient (Wildman–Crippen LogP) is 2.57. The lowest BCUT2D eigenvalue weighted by atomic mass is 10.3. The SMILES string of the molecule is CC(C)n1ccc(CNCC(Cl)C2CC2)n1. The van der Waals surface area contributed by atoms with Crippen LogP contribution in [0.2, 0.25) is 0 Å². The first-order valence-corrected chi connectivity index (χ1v) is 6.49. The van der Waals surface area contributed by atoms with Gasteiger partial charge in [0.05, 0.1) is 5.69 Å². The van der Waals surface area contributed by atoms with Gasteiger partial charge in [0, 0.05) is 30.7 Å². The molecule has 1 aromatic heterocycles. The van der Waals surface area contributed by atoms with E-state index < -0.39 is 0 Å². The minimum absolute atomic E-state index is 0.298. The molecule has 1 N–H and O–H groups in total. The van der Waals surface area contributed by atoms with E-state index in [-0.39, 0.29) is 0 Å². The second-order valence-electron chi connectivity index (χ2n) is 4.87. The Hall–Kier alpha value is -0.540. The van der Waals surface area contributed by atoms with Crippen molar-refractivity contribution < 1.29 is 0 Å². The smallest absolute Gasteiger partial charge is 0.0762 e. The van der Waals surface area contributed by atoms with Crippen LogP contribution in [0.25, 0.3) is 0 Å². The summed E-state index contributed by atoms with van der Waals surface area (Å²) in [5.74, 6) is 0.752. The summed E-state index contributed by atoms with van der Waals surface area (Å²) < 4.78 is 1.98. The predicted molar refractivity (Wildman–Crippen MR) is 66.7 cm³/mol. The summed E-state index contributed by atoms with van der Waals surface area (Å²) in [5, 5.41) is 8.14. The number of rotatable bonds is 6. The maximum atomic E-state index is 6.21. The molecule has 0 radical (unpaired) electrons. The van der Waals surface area contributed by atoms with Gasteiger partial charge in [-0.2, -0.15) is 5.10 Å². The Labute approximate surface area is 102 Å². The highest BCUT2D eigenvalue weighted by Gasteiger charge is 2.29. The van der Waals surface area contributed by atoms with Gasteiger partial charge >= 0.3 is 0 Å². The van der Waals surface area contributed by atoms with Crippen molar-refractivity contribution in [2.24, 2.45) is 5.92 Å². The van der Waals surface area contributed by atoms with Crippen molar-refractivity contribution >= 4 is 11.6 Å². The molecule has 90 valence electrons. The molecule has 0 spiro atoms. The van der Waals surface area contributed by atoms with E-state index in [0.29, 0.717) is 11.4 Å². The zero-order valence-electron chi connectivity index (χ0n) is 9.99. The quantitative estimate of drug-likeness (QED) is 0.776. The summed E-state index contributed by atoms with van der Waals surface area (Å²) in [7, 11) is 0. The Kier molecular flexibility index (Phi) is 3.87. The molecule has 1 saturated carbocycles. The van der Waals surface area contributed by atoms with Gasteiger partial charge < -0.3 is 5.32 Å². The van der Waals surface area contributed by atoms with E-state index in [9.17, 15) is 0 Å². The third-order valence-electron chi connectivity index (χ3n) is 2.97. The molecule has 1 heterocycles. The maximum Gasteiger partial charge on any atom is 0.0762 e. The van der Waals surface area contributed by atoms with Crippen molar-refractivity contribution in [3.05, 3.63) is 18.0 Å². The summed E-state index contributed by atoms with van der Waals surface area (Å²) in [6.07, 6.45) is 4.64. The third-order valence-corrected chi connectivity index (χ3v) is 3.48. The van der Waals surface area contributed by atoms with Crippen molar-refractivity contribution in [3.63, 3.8) is 0 Å². The molecule has 1 atom stereocenters. The fourth-order valence-corrected chi connectivity index (χ4v) is 2.08. The van der Waals surface area contributed by atoms with Gasteiger partial charge in [0.15, 0.2) is 0 Å². The van der Waals surface area contributed by atoms with E-state index in [0.717, 1.165) is 24.7 Å². The average Bonchev–Trinajstić information content (AvgIpc) is 2.98. The monoisotopic (exact) mass is 241 g/mol. The molecule has 0 saturated heterocycles. The fourth-order valence-electron chi connectivity index (χ4n) is 1.72. The van der Waals surface area contributed by atoms with Crippen LogP contribution in [0, 0.1) is 5.92 Å². The first-order valence-electron chi connectivity index (χ1n) is 6.05. The molecule has 0 aromatic carbocycles. The van der Waals surface area contributed by atoms with E-state index >= 15 is 0 Å². The first-order chi connectivity index (χ1) is 7.66. The lowest BCUT2D eigenvalue weighted by molar-refractivity contribution is 0.520. The van der Waals surface area contributed by atoms with Crippen LogP contribution in [0.15, 0.2) is 12.3 Å². The molecule has 1 aromatic rings. The van der Waals surface area contributed by atoms with Gasteiger partial charge in [-0.1, -0.05) is 0 Å². The minimum atomic E-state index is 0.298. The average molecular weight is 242 g/mol. The normalized spacial score (nSPS) is 18.0. The molecule has 16 heavy (non-hydrogen) atoms. The number of halogens is 1.